The summed E-state index contributed by atoms with van der Waals surface area (Å²) < 4.78 is 4.85. The van der Waals surface area contributed by atoms with Gasteiger partial charge in [0, 0.05) is 13.0 Å². The van der Waals surface area contributed by atoms with Gasteiger partial charge in [-0.15, -0.1) is 12.4 Å². The van der Waals surface area contributed by atoms with E-state index in [1.807, 2.05) is 0 Å². The third-order valence-corrected chi connectivity index (χ3v) is 5.17. The monoisotopic (exact) mass is 332 g/mol. The van der Waals surface area contributed by atoms with Crippen molar-refractivity contribution in [1.29, 1.82) is 0 Å². The fourth-order valence-corrected chi connectivity index (χ4v) is 3.79. The first-order valence-electron chi connectivity index (χ1n) is 8.19. The minimum absolute atomic E-state index is 0. The lowest BCUT2D eigenvalue weighted by Gasteiger charge is -2.40. The number of nitrogens with two attached hydrogens (primary N) is 1. The SMILES string of the molecule is COC(=O)C1CCCCN1C(=O)CC1(CN)CCCCC1.Cl. The zero-order valence-electron chi connectivity index (χ0n) is 13.5. The minimum Gasteiger partial charge on any atom is -0.467 e. The molecule has 5 nitrogen and oxygen atoms in total. The van der Waals surface area contributed by atoms with E-state index in [1.165, 1.54) is 13.5 Å². The Labute approximate surface area is 139 Å². The van der Waals surface area contributed by atoms with Crippen LogP contribution in [0.15, 0.2) is 0 Å². The van der Waals surface area contributed by atoms with Crippen LogP contribution in [0.2, 0.25) is 0 Å². The first-order valence-corrected chi connectivity index (χ1v) is 8.19. The third kappa shape index (κ3) is 4.35. The van der Waals surface area contributed by atoms with Crippen LogP contribution in [0, 0.1) is 5.41 Å². The highest BCUT2D eigenvalue weighted by Crippen LogP contribution is 2.39. The van der Waals surface area contributed by atoms with Crippen molar-refractivity contribution in [2.75, 3.05) is 20.2 Å². The summed E-state index contributed by atoms with van der Waals surface area (Å²) in [4.78, 5) is 26.3. The molecule has 1 atom stereocenters. The molecule has 1 aliphatic heterocycles. The lowest BCUT2D eigenvalue weighted by atomic mass is 9.71. The molecule has 2 aliphatic rings. The summed E-state index contributed by atoms with van der Waals surface area (Å²) >= 11 is 0. The summed E-state index contributed by atoms with van der Waals surface area (Å²) in [6.07, 6.45) is 8.77. The van der Waals surface area contributed by atoms with Gasteiger partial charge in [0.1, 0.15) is 6.04 Å². The molecule has 1 aliphatic carbocycles. The second kappa shape index (κ2) is 8.73. The number of nitrogens with zero attached hydrogens (tertiary/aromatic N) is 1. The Kier molecular flexibility index (Phi) is 7.63. The van der Waals surface area contributed by atoms with E-state index in [9.17, 15) is 9.59 Å². The lowest BCUT2D eigenvalue weighted by Crippen LogP contribution is -2.50. The van der Waals surface area contributed by atoms with Gasteiger partial charge < -0.3 is 15.4 Å². The largest absolute Gasteiger partial charge is 0.467 e. The maximum atomic E-state index is 12.7. The van der Waals surface area contributed by atoms with E-state index in [0.717, 1.165) is 38.5 Å². The van der Waals surface area contributed by atoms with Crippen molar-refractivity contribution < 1.29 is 14.3 Å². The molecule has 0 aromatic carbocycles. The summed E-state index contributed by atoms with van der Waals surface area (Å²) in [7, 11) is 1.39. The molecular formula is C16H29ClN2O3. The molecule has 0 aromatic rings. The summed E-state index contributed by atoms with van der Waals surface area (Å²) in [5, 5.41) is 0. The summed E-state index contributed by atoms with van der Waals surface area (Å²) in [5.74, 6) is -0.203. The highest BCUT2D eigenvalue weighted by atomic mass is 35.5. The average Bonchev–Trinajstić information content (AvgIpc) is 2.55. The summed E-state index contributed by atoms with van der Waals surface area (Å²) in [6.45, 7) is 1.23. The molecule has 1 heterocycles. The van der Waals surface area contributed by atoms with Gasteiger partial charge in [0.2, 0.25) is 5.91 Å². The standard InChI is InChI=1S/C16H28N2O3.ClH/c1-21-15(20)13-7-3-6-10-18(13)14(19)11-16(12-17)8-4-2-5-9-16;/h13H,2-12,17H2,1H3;1H. The van der Waals surface area contributed by atoms with Gasteiger partial charge in [0.05, 0.1) is 7.11 Å². The Morgan fingerprint density at radius 1 is 1.18 bits per heavy atom. The van der Waals surface area contributed by atoms with Gasteiger partial charge in [-0.1, -0.05) is 19.3 Å². The first-order chi connectivity index (χ1) is 10.1. The molecule has 6 heteroatoms. The Hall–Kier alpha value is -0.810. The lowest BCUT2D eigenvalue weighted by molar-refractivity contribution is -0.155. The van der Waals surface area contributed by atoms with Gasteiger partial charge in [-0.25, -0.2) is 4.79 Å². The van der Waals surface area contributed by atoms with Gasteiger partial charge in [-0.05, 0) is 44.1 Å². The van der Waals surface area contributed by atoms with E-state index in [2.05, 4.69) is 0 Å². The van der Waals surface area contributed by atoms with Crippen molar-refractivity contribution in [1.82, 2.24) is 4.90 Å². The Balaban J connectivity index is 0.00000242. The first kappa shape index (κ1) is 19.2. The van der Waals surface area contributed by atoms with Crippen molar-refractivity contribution in [2.45, 2.75) is 63.8 Å². The van der Waals surface area contributed by atoms with Crippen LogP contribution in [-0.2, 0) is 14.3 Å². The van der Waals surface area contributed by atoms with Crippen molar-refractivity contribution >= 4 is 24.3 Å². The molecule has 0 spiro atoms. The minimum atomic E-state index is -0.394. The molecule has 2 fully saturated rings. The van der Waals surface area contributed by atoms with Gasteiger partial charge in [0.15, 0.2) is 0 Å². The highest BCUT2D eigenvalue weighted by Gasteiger charge is 2.38. The van der Waals surface area contributed by atoms with Crippen LogP contribution < -0.4 is 5.73 Å². The number of ether oxygens (including phenoxy) is 1. The van der Waals surface area contributed by atoms with Crippen molar-refractivity contribution in [3.8, 4) is 0 Å². The quantitative estimate of drug-likeness (QED) is 0.801. The number of methoxy groups -OCH3 is 1. The molecule has 1 unspecified atom stereocenters. The van der Waals surface area contributed by atoms with E-state index in [4.69, 9.17) is 10.5 Å². The van der Waals surface area contributed by atoms with E-state index in [-0.39, 0.29) is 29.7 Å². The Bertz CT molecular complexity index is 384. The predicted molar refractivity (Wildman–Crippen MR) is 87.8 cm³/mol. The molecule has 22 heavy (non-hydrogen) atoms. The molecule has 0 radical (unpaired) electrons. The number of halogens is 1. The second-order valence-electron chi connectivity index (χ2n) is 6.56. The van der Waals surface area contributed by atoms with Crippen molar-refractivity contribution in [2.24, 2.45) is 11.1 Å². The Morgan fingerprint density at radius 3 is 2.45 bits per heavy atom. The molecule has 2 N–H and O–H groups in total. The molecule has 0 bridgehead atoms. The number of likely N-dealkylation sites (tertiary alicyclic amines) is 1. The fourth-order valence-electron chi connectivity index (χ4n) is 3.79. The van der Waals surface area contributed by atoms with Crippen LogP contribution in [-0.4, -0.2) is 43.0 Å². The summed E-state index contributed by atoms with van der Waals surface area (Å²) in [6, 6.07) is -0.394. The van der Waals surface area contributed by atoms with Crippen LogP contribution in [0.3, 0.4) is 0 Å². The fraction of sp³-hybridized carbons (Fsp3) is 0.875. The van der Waals surface area contributed by atoms with Crippen LogP contribution in [0.1, 0.15) is 57.8 Å². The number of piperidine rings is 1. The zero-order chi connectivity index (χ0) is 15.3. The number of esters is 1. The van der Waals surface area contributed by atoms with Gasteiger partial charge in [-0.3, -0.25) is 4.79 Å². The second-order valence-corrected chi connectivity index (χ2v) is 6.56. The molecule has 2 rings (SSSR count). The maximum Gasteiger partial charge on any atom is 0.328 e. The molecule has 1 amide bonds. The van der Waals surface area contributed by atoms with E-state index < -0.39 is 6.04 Å². The molecule has 128 valence electrons. The number of rotatable bonds is 4. The molecule has 1 saturated carbocycles. The van der Waals surface area contributed by atoms with E-state index in [1.54, 1.807) is 4.90 Å². The molecular weight excluding hydrogens is 304 g/mol. The predicted octanol–water partition coefficient (Wildman–Crippen LogP) is 2.26. The Morgan fingerprint density at radius 2 is 1.86 bits per heavy atom. The van der Waals surface area contributed by atoms with E-state index >= 15 is 0 Å². The number of hydrogen-bond donors (Lipinski definition) is 1. The summed E-state index contributed by atoms with van der Waals surface area (Å²) in [5.41, 5.74) is 5.93. The zero-order valence-corrected chi connectivity index (χ0v) is 14.3. The van der Waals surface area contributed by atoms with Crippen molar-refractivity contribution in [3.63, 3.8) is 0 Å². The third-order valence-electron chi connectivity index (χ3n) is 5.17. The topological polar surface area (TPSA) is 72.6 Å². The van der Waals surface area contributed by atoms with Crippen LogP contribution in [0.4, 0.5) is 0 Å². The van der Waals surface area contributed by atoms with E-state index in [0.29, 0.717) is 25.9 Å². The number of amides is 1. The highest BCUT2D eigenvalue weighted by molar-refractivity contribution is 5.85. The van der Waals surface area contributed by atoms with Crippen LogP contribution >= 0.6 is 12.4 Å². The number of carbonyl (C=O) groups excluding carboxylic acids is 2. The van der Waals surface area contributed by atoms with Gasteiger partial charge >= 0.3 is 5.97 Å². The van der Waals surface area contributed by atoms with Gasteiger partial charge in [-0.2, -0.15) is 0 Å². The van der Waals surface area contributed by atoms with Crippen molar-refractivity contribution in [3.05, 3.63) is 0 Å². The normalized spacial score (nSPS) is 24.3. The molecule has 0 aromatic heterocycles. The number of hydrogen-bond acceptors (Lipinski definition) is 4. The van der Waals surface area contributed by atoms with Crippen LogP contribution in [0.25, 0.3) is 0 Å². The molecule has 1 saturated heterocycles. The van der Waals surface area contributed by atoms with Crippen LogP contribution in [0.5, 0.6) is 0 Å². The maximum absolute atomic E-state index is 12.7. The average molecular weight is 333 g/mol. The van der Waals surface area contributed by atoms with Gasteiger partial charge in [0.25, 0.3) is 0 Å². The smallest absolute Gasteiger partial charge is 0.328 e. The number of carbonyl (C=O) groups is 2.